The minimum absolute atomic E-state index is 0.0628. The van der Waals surface area contributed by atoms with Crippen molar-refractivity contribution in [1.29, 1.82) is 0 Å². The number of aryl methyl sites for hydroxylation is 1. The van der Waals surface area contributed by atoms with Gasteiger partial charge in [0.1, 0.15) is 25.2 Å². The lowest BCUT2D eigenvalue weighted by atomic mass is 9.93. The van der Waals surface area contributed by atoms with Crippen molar-refractivity contribution in [3.8, 4) is 0 Å². The molecule has 0 aliphatic carbocycles. The first-order valence-electron chi connectivity index (χ1n) is 16.8. The first kappa shape index (κ1) is 40.5. The lowest BCUT2D eigenvalue weighted by Crippen LogP contribution is -2.60. The van der Waals surface area contributed by atoms with Gasteiger partial charge in [0, 0.05) is 19.5 Å². The molecule has 0 aromatic heterocycles. The monoisotopic (exact) mass is 721 g/mol. The zero-order valence-electron chi connectivity index (χ0n) is 28.7. The average molecular weight is 722 g/mol. The molecule has 0 aliphatic rings. The molecule has 0 aliphatic heterocycles. The summed E-state index contributed by atoms with van der Waals surface area (Å²) in [5, 5.41) is 7.91. The average Bonchev–Trinajstić information content (AvgIpc) is 3.13. The Morgan fingerprint density at radius 1 is 0.824 bits per heavy atom. The normalized spacial score (nSPS) is 13.5. The van der Waals surface area contributed by atoms with Gasteiger partial charge in [-0.25, -0.2) is 17.9 Å². The molecule has 6 N–H and O–H groups in total. The molecule has 3 atom stereocenters. The van der Waals surface area contributed by atoms with Gasteiger partial charge in [0.2, 0.25) is 21.8 Å². The number of rotatable bonds is 22. The summed E-state index contributed by atoms with van der Waals surface area (Å²) in [6.07, 6.45) is 2.16. The van der Waals surface area contributed by atoms with Crippen molar-refractivity contribution in [2.45, 2.75) is 81.0 Å². The third-order valence-corrected chi connectivity index (χ3v) is 9.57. The predicted octanol–water partition coefficient (Wildman–Crippen LogP) is 2.85. The molecule has 51 heavy (non-hydrogen) atoms. The van der Waals surface area contributed by atoms with Gasteiger partial charge >= 0.3 is 6.09 Å². The molecular formula is C37H47N5O8S. The summed E-state index contributed by atoms with van der Waals surface area (Å²) in [5.41, 5.74) is 6.73. The Morgan fingerprint density at radius 3 is 2.08 bits per heavy atom. The third kappa shape index (κ3) is 14.1. The third-order valence-electron chi connectivity index (χ3n) is 8.09. The van der Waals surface area contributed by atoms with E-state index in [0.29, 0.717) is 38.4 Å². The smallest absolute Gasteiger partial charge is 0.407 e. The predicted molar refractivity (Wildman–Crippen MR) is 192 cm³/mol. The molecule has 0 fully saturated rings. The summed E-state index contributed by atoms with van der Waals surface area (Å²) in [4.78, 5) is 62.8. The number of carbonyl (C=O) groups excluding carboxylic acids is 5. The molecule has 3 rings (SSSR count). The molecule has 0 radical (unpaired) electrons. The van der Waals surface area contributed by atoms with E-state index in [1.54, 1.807) is 42.5 Å². The van der Waals surface area contributed by atoms with Crippen LogP contribution in [0.5, 0.6) is 0 Å². The maximum atomic E-state index is 13.4. The van der Waals surface area contributed by atoms with Crippen LogP contribution >= 0.6 is 0 Å². The van der Waals surface area contributed by atoms with E-state index < -0.39 is 45.6 Å². The largest absolute Gasteiger partial charge is 0.445 e. The number of alkyl carbamates (subject to hydrolysis) is 1. The van der Waals surface area contributed by atoms with E-state index in [1.807, 2.05) is 37.3 Å². The van der Waals surface area contributed by atoms with Crippen molar-refractivity contribution >= 4 is 40.5 Å². The van der Waals surface area contributed by atoms with Crippen molar-refractivity contribution in [2.24, 2.45) is 5.73 Å². The molecule has 0 saturated carbocycles. The Morgan fingerprint density at radius 2 is 1.45 bits per heavy atom. The topological polar surface area (TPSA) is 203 Å². The van der Waals surface area contributed by atoms with Crippen molar-refractivity contribution in [3.63, 3.8) is 0 Å². The van der Waals surface area contributed by atoms with E-state index in [0.717, 1.165) is 16.7 Å². The van der Waals surface area contributed by atoms with E-state index in [1.165, 1.54) is 12.1 Å². The van der Waals surface area contributed by atoms with E-state index >= 15 is 0 Å². The summed E-state index contributed by atoms with van der Waals surface area (Å²) in [7, 11) is -3.73. The van der Waals surface area contributed by atoms with Crippen LogP contribution in [0.25, 0.3) is 0 Å². The Kier molecular flexibility index (Phi) is 16.4. The lowest BCUT2D eigenvalue weighted by Gasteiger charge is -2.27. The number of carbonyl (C=O) groups is 5. The van der Waals surface area contributed by atoms with Crippen molar-refractivity contribution < 1.29 is 37.1 Å². The van der Waals surface area contributed by atoms with Gasteiger partial charge in [0.05, 0.1) is 10.9 Å². The van der Waals surface area contributed by atoms with E-state index in [2.05, 4.69) is 20.7 Å². The van der Waals surface area contributed by atoms with Gasteiger partial charge in [-0.05, 0) is 68.7 Å². The molecule has 0 spiro atoms. The van der Waals surface area contributed by atoms with Crippen LogP contribution < -0.4 is 26.4 Å². The fourth-order valence-corrected chi connectivity index (χ4v) is 6.11. The lowest BCUT2D eigenvalue weighted by molar-refractivity contribution is -0.135. The van der Waals surface area contributed by atoms with E-state index in [4.69, 9.17) is 10.5 Å². The van der Waals surface area contributed by atoms with Crippen molar-refractivity contribution in [3.05, 3.63) is 102 Å². The summed E-state index contributed by atoms with van der Waals surface area (Å²) < 4.78 is 32.8. The standard InChI is InChI=1S/C37H47N5O8S/c1-28-17-19-32(20-18-28)51(48,49)40-23-11-9-21-37(38,27-44)35(46)42-33(24-29-12-4-2-5-13-29)34(45)41-31(25-43)16-8-10-22-39-36(47)50-26-30-14-6-3-7-15-30/h2-7,12-15,17-20,25,27,31,33,40H,8-11,16,21-24,26,38H2,1H3,(H,39,47)(H,41,45)(H,42,46)/t31-,33-,37-/m0/s1. The van der Waals surface area contributed by atoms with Crippen LogP contribution in [0.15, 0.2) is 89.8 Å². The Labute approximate surface area is 299 Å². The number of unbranched alkanes of at least 4 members (excludes halogenated alkanes) is 2. The summed E-state index contributed by atoms with van der Waals surface area (Å²) in [5.74, 6) is -1.51. The number of nitrogens with one attached hydrogen (secondary N) is 4. The Balaban J connectivity index is 1.49. The zero-order valence-corrected chi connectivity index (χ0v) is 29.5. The van der Waals surface area contributed by atoms with Crippen molar-refractivity contribution in [2.75, 3.05) is 13.1 Å². The maximum Gasteiger partial charge on any atom is 0.407 e. The first-order valence-corrected chi connectivity index (χ1v) is 18.3. The molecule has 274 valence electrons. The van der Waals surface area contributed by atoms with E-state index in [9.17, 15) is 32.4 Å². The molecule has 3 aromatic carbocycles. The Hall–Kier alpha value is -4.92. The molecule has 0 unspecified atom stereocenters. The second kappa shape index (κ2) is 20.7. The van der Waals surface area contributed by atoms with Gasteiger partial charge in [-0.3, -0.25) is 9.59 Å². The van der Waals surface area contributed by atoms with E-state index in [-0.39, 0.29) is 43.7 Å². The summed E-state index contributed by atoms with van der Waals surface area (Å²) >= 11 is 0. The SMILES string of the molecule is Cc1ccc(S(=O)(=O)NCCCC[C@](N)(C=O)C(=O)N[C@@H](Cc2ccccc2)C(=O)N[C@H](C=O)CCCCNC(=O)OCc2ccccc2)cc1. The van der Waals surface area contributed by atoms with Gasteiger partial charge in [-0.1, -0.05) is 78.4 Å². The number of ether oxygens (including phenoxy) is 1. The number of sulfonamides is 1. The molecule has 3 amide bonds. The van der Waals surface area contributed by atoms with Crippen LogP contribution in [0.4, 0.5) is 4.79 Å². The molecule has 0 heterocycles. The highest BCUT2D eigenvalue weighted by Crippen LogP contribution is 2.14. The van der Waals surface area contributed by atoms with Gasteiger partial charge in [-0.2, -0.15) is 0 Å². The molecule has 3 aromatic rings. The molecule has 0 bridgehead atoms. The number of hydrogen-bond acceptors (Lipinski definition) is 9. The molecule has 13 nitrogen and oxygen atoms in total. The van der Waals surface area contributed by atoms with Crippen LogP contribution in [0.3, 0.4) is 0 Å². The Bertz CT molecular complexity index is 1670. The molecule has 14 heteroatoms. The number of benzene rings is 3. The summed E-state index contributed by atoms with van der Waals surface area (Å²) in [6.45, 7) is 2.36. The van der Waals surface area contributed by atoms with Crippen LogP contribution in [0.2, 0.25) is 0 Å². The molecule has 0 saturated heterocycles. The highest BCUT2D eigenvalue weighted by atomic mass is 32.2. The highest BCUT2D eigenvalue weighted by Gasteiger charge is 2.36. The van der Waals surface area contributed by atoms with Crippen molar-refractivity contribution in [1.82, 2.24) is 20.7 Å². The summed E-state index contributed by atoms with van der Waals surface area (Å²) in [6, 6.07) is 22.5. The van der Waals surface area contributed by atoms with Gasteiger partial charge in [0.15, 0.2) is 5.54 Å². The number of amides is 3. The molecular weight excluding hydrogens is 675 g/mol. The van der Waals surface area contributed by atoms with Crippen LogP contribution in [0, 0.1) is 6.92 Å². The second-order valence-electron chi connectivity index (χ2n) is 12.3. The van der Waals surface area contributed by atoms with Gasteiger partial charge in [-0.15, -0.1) is 0 Å². The van der Waals surface area contributed by atoms with Gasteiger partial charge in [0.25, 0.3) is 0 Å². The number of nitrogens with two attached hydrogens (primary N) is 1. The number of aldehydes is 2. The van der Waals surface area contributed by atoms with Gasteiger partial charge < -0.3 is 36.0 Å². The fourth-order valence-electron chi connectivity index (χ4n) is 5.04. The number of hydrogen-bond donors (Lipinski definition) is 5. The first-order chi connectivity index (χ1) is 24.5. The fraction of sp³-hybridized carbons (Fsp3) is 0.378. The van der Waals surface area contributed by atoms with Crippen LogP contribution in [0.1, 0.15) is 55.2 Å². The quantitative estimate of drug-likeness (QED) is 0.0588. The minimum Gasteiger partial charge on any atom is -0.445 e. The zero-order chi connectivity index (χ0) is 37.1. The minimum atomic E-state index is -3.73. The highest BCUT2D eigenvalue weighted by molar-refractivity contribution is 7.89. The second-order valence-corrected chi connectivity index (χ2v) is 14.0. The maximum absolute atomic E-state index is 13.4. The van der Waals surface area contributed by atoms with Crippen LogP contribution in [-0.4, -0.2) is 69.6 Å². The van der Waals surface area contributed by atoms with Crippen LogP contribution in [-0.2, 0) is 47.0 Å².